The van der Waals surface area contributed by atoms with E-state index in [0.29, 0.717) is 24.6 Å². The average Bonchev–Trinajstić information content (AvgIpc) is 3.17. The monoisotopic (exact) mass is 352 g/mol. The lowest BCUT2D eigenvalue weighted by atomic mass is 10.1. The third-order valence-electron chi connectivity index (χ3n) is 4.58. The Morgan fingerprint density at radius 2 is 1.85 bits per heavy atom. The highest BCUT2D eigenvalue weighted by atomic mass is 16.2. The summed E-state index contributed by atoms with van der Waals surface area (Å²) in [6, 6.07) is 13.6. The van der Waals surface area contributed by atoms with E-state index >= 15 is 0 Å². The van der Waals surface area contributed by atoms with Gasteiger partial charge >= 0.3 is 0 Å². The predicted octanol–water partition coefficient (Wildman–Crippen LogP) is 1.84. The molecule has 6 heteroatoms. The first-order chi connectivity index (χ1) is 12.7. The molecule has 1 aliphatic heterocycles. The molecule has 2 amide bonds. The van der Waals surface area contributed by atoms with Crippen molar-refractivity contribution in [1.29, 1.82) is 0 Å². The Balaban J connectivity index is 1.33. The predicted molar refractivity (Wildman–Crippen MR) is 101 cm³/mol. The molecule has 2 heterocycles. The number of aromatic nitrogens is 1. The maximum Gasteiger partial charge on any atom is 0.251 e. The van der Waals surface area contributed by atoms with Gasteiger partial charge < -0.3 is 15.5 Å². The van der Waals surface area contributed by atoms with E-state index in [0.717, 1.165) is 19.5 Å². The molecule has 0 unspecified atom stereocenters. The van der Waals surface area contributed by atoms with Gasteiger partial charge in [0.1, 0.15) is 0 Å². The van der Waals surface area contributed by atoms with Gasteiger partial charge in [0, 0.05) is 56.2 Å². The lowest BCUT2D eigenvalue weighted by Gasteiger charge is -2.18. The van der Waals surface area contributed by atoms with Gasteiger partial charge in [0.15, 0.2) is 0 Å². The molecule has 2 aromatic rings. The maximum absolute atomic E-state index is 12.0. The van der Waals surface area contributed by atoms with Crippen molar-refractivity contribution in [2.75, 3.05) is 31.1 Å². The van der Waals surface area contributed by atoms with Crippen LogP contribution in [0.5, 0.6) is 0 Å². The fourth-order valence-corrected chi connectivity index (χ4v) is 3.11. The van der Waals surface area contributed by atoms with Crippen LogP contribution in [0.15, 0.2) is 54.9 Å². The van der Waals surface area contributed by atoms with Crippen molar-refractivity contribution in [2.45, 2.75) is 12.8 Å². The van der Waals surface area contributed by atoms with Crippen LogP contribution in [-0.2, 0) is 4.79 Å². The number of benzene rings is 1. The number of carbonyl (C=O) groups excluding carboxylic acids is 2. The van der Waals surface area contributed by atoms with E-state index in [2.05, 4.69) is 32.7 Å². The third-order valence-corrected chi connectivity index (χ3v) is 4.58. The van der Waals surface area contributed by atoms with Gasteiger partial charge in [0.2, 0.25) is 5.91 Å². The highest BCUT2D eigenvalue weighted by Crippen LogP contribution is 2.22. The van der Waals surface area contributed by atoms with Crippen molar-refractivity contribution in [1.82, 2.24) is 15.6 Å². The molecule has 1 aliphatic rings. The molecule has 0 saturated carbocycles. The van der Waals surface area contributed by atoms with Gasteiger partial charge in [0.25, 0.3) is 5.91 Å². The summed E-state index contributed by atoms with van der Waals surface area (Å²) in [5, 5.41) is 5.73. The van der Waals surface area contributed by atoms with Crippen LogP contribution >= 0.6 is 0 Å². The van der Waals surface area contributed by atoms with Gasteiger partial charge in [-0.05, 0) is 36.6 Å². The van der Waals surface area contributed by atoms with Crippen molar-refractivity contribution in [3.63, 3.8) is 0 Å². The molecule has 1 fully saturated rings. The van der Waals surface area contributed by atoms with E-state index in [9.17, 15) is 9.59 Å². The number of para-hydroxylation sites is 1. The van der Waals surface area contributed by atoms with Crippen LogP contribution < -0.4 is 15.5 Å². The second-order valence-electron chi connectivity index (χ2n) is 6.48. The molecule has 1 aromatic heterocycles. The summed E-state index contributed by atoms with van der Waals surface area (Å²) in [7, 11) is 0. The Morgan fingerprint density at radius 3 is 2.62 bits per heavy atom. The van der Waals surface area contributed by atoms with Crippen molar-refractivity contribution < 1.29 is 9.59 Å². The highest BCUT2D eigenvalue weighted by Gasteiger charge is 2.22. The zero-order valence-corrected chi connectivity index (χ0v) is 14.7. The Kier molecular flexibility index (Phi) is 6.19. The van der Waals surface area contributed by atoms with Crippen LogP contribution in [0.2, 0.25) is 0 Å². The zero-order chi connectivity index (χ0) is 18.2. The minimum Gasteiger partial charge on any atom is -0.371 e. The molecule has 136 valence electrons. The molecular weight excluding hydrogens is 328 g/mol. The smallest absolute Gasteiger partial charge is 0.251 e. The first-order valence-corrected chi connectivity index (χ1v) is 8.97. The van der Waals surface area contributed by atoms with Crippen molar-refractivity contribution in [3.8, 4) is 0 Å². The summed E-state index contributed by atoms with van der Waals surface area (Å²) in [6.45, 7) is 2.99. The number of rotatable bonds is 7. The number of nitrogens with zero attached hydrogens (tertiary/aromatic N) is 2. The molecule has 6 nitrogen and oxygen atoms in total. The van der Waals surface area contributed by atoms with Crippen LogP contribution in [0, 0.1) is 5.92 Å². The van der Waals surface area contributed by atoms with E-state index in [1.165, 1.54) is 5.69 Å². The minimum absolute atomic E-state index is 0.0295. The van der Waals surface area contributed by atoms with Gasteiger partial charge in [-0.2, -0.15) is 0 Å². The molecule has 1 aromatic carbocycles. The summed E-state index contributed by atoms with van der Waals surface area (Å²) in [5.74, 6) is 0.248. The molecule has 26 heavy (non-hydrogen) atoms. The third kappa shape index (κ3) is 5.05. The molecule has 2 N–H and O–H groups in total. The minimum atomic E-state index is -0.186. The first-order valence-electron chi connectivity index (χ1n) is 8.97. The number of pyridine rings is 1. The Hall–Kier alpha value is -2.89. The molecule has 3 rings (SSSR count). The molecule has 0 radical (unpaired) electrons. The Morgan fingerprint density at radius 1 is 1.08 bits per heavy atom. The van der Waals surface area contributed by atoms with Gasteiger partial charge in [-0.25, -0.2) is 0 Å². The van der Waals surface area contributed by atoms with Gasteiger partial charge in [-0.1, -0.05) is 18.2 Å². The second kappa shape index (κ2) is 8.99. The van der Waals surface area contributed by atoms with Crippen LogP contribution in [0.4, 0.5) is 5.69 Å². The molecular formula is C20H24N4O2. The number of amides is 2. The Bertz CT molecular complexity index is 721. The summed E-state index contributed by atoms with van der Waals surface area (Å²) >= 11 is 0. The Labute approximate surface area is 153 Å². The molecule has 1 atom stereocenters. The number of nitrogens with one attached hydrogen (secondary N) is 2. The number of hydrogen-bond donors (Lipinski definition) is 2. The fourth-order valence-electron chi connectivity index (χ4n) is 3.11. The van der Waals surface area contributed by atoms with E-state index < -0.39 is 0 Å². The van der Waals surface area contributed by atoms with E-state index in [-0.39, 0.29) is 18.2 Å². The fraction of sp³-hybridized carbons (Fsp3) is 0.350. The zero-order valence-electron chi connectivity index (χ0n) is 14.7. The summed E-state index contributed by atoms with van der Waals surface area (Å²) in [4.78, 5) is 30.1. The SMILES string of the molecule is O=C(CCNC(=O)c1ccncc1)NC[C@@H]1CCN(c2ccccc2)C1. The van der Waals surface area contributed by atoms with Crippen LogP contribution in [0.25, 0.3) is 0 Å². The topological polar surface area (TPSA) is 74.3 Å². The van der Waals surface area contributed by atoms with Gasteiger partial charge in [-0.3, -0.25) is 14.6 Å². The summed E-state index contributed by atoms with van der Waals surface area (Å²) in [6.07, 6.45) is 4.50. The molecule has 1 saturated heterocycles. The summed E-state index contributed by atoms with van der Waals surface area (Å²) in [5.41, 5.74) is 1.78. The van der Waals surface area contributed by atoms with Crippen LogP contribution in [-0.4, -0.2) is 43.0 Å². The average molecular weight is 352 g/mol. The number of hydrogen-bond acceptors (Lipinski definition) is 4. The number of anilines is 1. The molecule has 0 aliphatic carbocycles. The molecule has 0 bridgehead atoms. The normalized spacial score (nSPS) is 16.3. The van der Waals surface area contributed by atoms with Crippen LogP contribution in [0.3, 0.4) is 0 Å². The standard InChI is InChI=1S/C20H24N4O2/c25-19(8-12-22-20(26)17-6-10-21-11-7-17)23-14-16-9-13-24(15-16)18-4-2-1-3-5-18/h1-7,10-11,16H,8-9,12-15H2,(H,22,26)(H,23,25)/t16-/m0/s1. The number of carbonyl (C=O) groups is 2. The lowest BCUT2D eigenvalue weighted by molar-refractivity contribution is -0.121. The van der Waals surface area contributed by atoms with E-state index in [1.807, 2.05) is 18.2 Å². The van der Waals surface area contributed by atoms with Crippen molar-refractivity contribution >= 4 is 17.5 Å². The highest BCUT2D eigenvalue weighted by molar-refractivity contribution is 5.94. The molecule has 0 spiro atoms. The first kappa shape index (κ1) is 17.9. The van der Waals surface area contributed by atoms with E-state index in [1.54, 1.807) is 24.5 Å². The van der Waals surface area contributed by atoms with Crippen molar-refractivity contribution in [2.24, 2.45) is 5.92 Å². The second-order valence-corrected chi connectivity index (χ2v) is 6.48. The van der Waals surface area contributed by atoms with Crippen molar-refractivity contribution in [3.05, 3.63) is 60.4 Å². The van der Waals surface area contributed by atoms with Gasteiger partial charge in [0.05, 0.1) is 0 Å². The largest absolute Gasteiger partial charge is 0.371 e. The van der Waals surface area contributed by atoms with E-state index in [4.69, 9.17) is 0 Å². The quantitative estimate of drug-likeness (QED) is 0.797. The van der Waals surface area contributed by atoms with Crippen LogP contribution in [0.1, 0.15) is 23.2 Å². The maximum atomic E-state index is 12.0. The summed E-state index contributed by atoms with van der Waals surface area (Å²) < 4.78 is 0. The lowest BCUT2D eigenvalue weighted by Crippen LogP contribution is -2.34. The van der Waals surface area contributed by atoms with Gasteiger partial charge in [-0.15, -0.1) is 0 Å².